The average Bonchev–Trinajstić information content (AvgIpc) is 2.95. The van der Waals surface area contributed by atoms with Crippen LogP contribution in [0.5, 0.6) is 0 Å². The van der Waals surface area contributed by atoms with E-state index in [9.17, 15) is 24.5 Å². The number of fused-ring (bicyclic) bond motifs is 1. The first-order valence-corrected chi connectivity index (χ1v) is 6.99. The van der Waals surface area contributed by atoms with Crippen molar-refractivity contribution in [3.8, 4) is 0 Å². The number of benzene rings is 1. The molecule has 0 atom stereocenters. The zero-order valence-corrected chi connectivity index (χ0v) is 12.6. The number of nitrogens with one attached hydrogen (secondary N) is 2. The molecular formula is C14H11N5O6. The summed E-state index contributed by atoms with van der Waals surface area (Å²) in [5.41, 5.74) is -0.967. The van der Waals surface area contributed by atoms with Crippen LogP contribution in [0.25, 0.3) is 11.0 Å². The minimum atomic E-state index is -1.03. The third kappa shape index (κ3) is 3.29. The molecule has 3 rings (SSSR count). The first-order chi connectivity index (χ1) is 11.8. The van der Waals surface area contributed by atoms with Crippen LogP contribution >= 0.6 is 0 Å². The van der Waals surface area contributed by atoms with Gasteiger partial charge in [-0.15, -0.1) is 0 Å². The summed E-state index contributed by atoms with van der Waals surface area (Å²) in [6.45, 7) is 0.0901. The molecule has 0 aliphatic carbocycles. The Balaban J connectivity index is 2.10. The van der Waals surface area contributed by atoms with Gasteiger partial charge in [-0.1, -0.05) is 0 Å². The zero-order valence-electron chi connectivity index (χ0n) is 12.6. The third-order valence-corrected chi connectivity index (χ3v) is 3.48. The van der Waals surface area contributed by atoms with Crippen molar-refractivity contribution in [2.75, 3.05) is 0 Å². The molecular weight excluding hydrogens is 334 g/mol. The number of aliphatic carboxylic acids is 1. The van der Waals surface area contributed by atoms with Crippen LogP contribution in [0, 0.1) is 10.1 Å². The van der Waals surface area contributed by atoms with Gasteiger partial charge in [0, 0.05) is 23.9 Å². The number of nitro benzene ring substituents is 1. The number of imidazole rings is 1. The van der Waals surface area contributed by atoms with Gasteiger partial charge in [-0.25, -0.2) is 4.98 Å². The van der Waals surface area contributed by atoms with Crippen LogP contribution in [0.4, 0.5) is 5.69 Å². The highest BCUT2D eigenvalue weighted by Gasteiger charge is 2.15. The summed E-state index contributed by atoms with van der Waals surface area (Å²) in [5, 5.41) is 19.8. The number of aromatic amines is 2. The molecule has 0 fully saturated rings. The molecule has 0 unspecified atom stereocenters. The Morgan fingerprint density at radius 1 is 1.28 bits per heavy atom. The van der Waals surface area contributed by atoms with E-state index in [1.165, 1.54) is 23.2 Å². The quantitative estimate of drug-likeness (QED) is 0.332. The summed E-state index contributed by atoms with van der Waals surface area (Å²) in [7, 11) is 0. The Labute approximate surface area is 137 Å². The maximum Gasteiger partial charge on any atom is 0.314 e. The Morgan fingerprint density at radius 3 is 2.68 bits per heavy atom. The molecule has 3 aromatic rings. The van der Waals surface area contributed by atoms with Gasteiger partial charge in [-0.2, -0.15) is 0 Å². The largest absolute Gasteiger partial charge is 0.481 e. The van der Waals surface area contributed by atoms with Gasteiger partial charge < -0.3 is 19.6 Å². The molecule has 11 nitrogen and oxygen atoms in total. The van der Waals surface area contributed by atoms with Crippen molar-refractivity contribution in [2.45, 2.75) is 13.0 Å². The van der Waals surface area contributed by atoms with Gasteiger partial charge in [0.15, 0.2) is 0 Å². The predicted molar refractivity (Wildman–Crippen MR) is 84.5 cm³/mol. The van der Waals surface area contributed by atoms with Crippen LogP contribution in [0.15, 0.2) is 34.2 Å². The number of hydrogen-bond acceptors (Lipinski definition) is 6. The van der Waals surface area contributed by atoms with Crippen molar-refractivity contribution in [3.63, 3.8) is 0 Å². The van der Waals surface area contributed by atoms with E-state index in [1.54, 1.807) is 0 Å². The Hall–Kier alpha value is -3.76. The first kappa shape index (κ1) is 16.1. The SMILES string of the molecule is O=C(O)Cc1cn(Cc2cc([N+](=O)[O-])cc3[nH]c(=O)c(=O)[nH]c23)cn1. The Bertz CT molecular complexity index is 1110. The van der Waals surface area contributed by atoms with Gasteiger partial charge >= 0.3 is 17.1 Å². The lowest BCUT2D eigenvalue weighted by Gasteiger charge is -2.07. The number of nitro groups is 1. The number of aromatic nitrogens is 4. The van der Waals surface area contributed by atoms with Crippen LogP contribution in [-0.4, -0.2) is 35.5 Å². The lowest BCUT2D eigenvalue weighted by molar-refractivity contribution is -0.384. The van der Waals surface area contributed by atoms with E-state index in [4.69, 9.17) is 5.11 Å². The second kappa shape index (κ2) is 6.03. The molecule has 0 bridgehead atoms. The number of carboxylic acid groups (broad SMARTS) is 1. The highest BCUT2D eigenvalue weighted by Crippen LogP contribution is 2.22. The summed E-state index contributed by atoms with van der Waals surface area (Å²) in [5.74, 6) is -1.03. The number of nitrogens with zero attached hydrogens (tertiary/aromatic N) is 3. The highest BCUT2D eigenvalue weighted by molar-refractivity contribution is 5.80. The van der Waals surface area contributed by atoms with Gasteiger partial charge in [0.2, 0.25) is 0 Å². The van der Waals surface area contributed by atoms with Gasteiger partial charge in [-0.3, -0.25) is 24.5 Å². The molecule has 128 valence electrons. The molecule has 0 saturated heterocycles. The van der Waals surface area contributed by atoms with Crippen molar-refractivity contribution in [3.05, 3.63) is 66.7 Å². The molecule has 25 heavy (non-hydrogen) atoms. The van der Waals surface area contributed by atoms with Crippen molar-refractivity contribution in [1.82, 2.24) is 19.5 Å². The number of non-ortho nitro benzene ring substituents is 1. The fraction of sp³-hybridized carbons (Fsp3) is 0.143. The second-order valence-electron chi connectivity index (χ2n) is 5.30. The molecule has 2 heterocycles. The van der Waals surface area contributed by atoms with E-state index >= 15 is 0 Å². The van der Waals surface area contributed by atoms with Crippen molar-refractivity contribution < 1.29 is 14.8 Å². The molecule has 0 saturated carbocycles. The summed E-state index contributed by atoms with van der Waals surface area (Å²) in [6.07, 6.45) is 2.61. The monoisotopic (exact) mass is 345 g/mol. The number of carboxylic acids is 1. The summed E-state index contributed by atoms with van der Waals surface area (Å²) in [6, 6.07) is 2.42. The lowest BCUT2D eigenvalue weighted by atomic mass is 10.1. The summed E-state index contributed by atoms with van der Waals surface area (Å²) in [4.78, 5) is 52.8. The first-order valence-electron chi connectivity index (χ1n) is 6.99. The molecule has 2 aromatic heterocycles. The van der Waals surface area contributed by atoms with E-state index in [1.807, 2.05) is 0 Å². The van der Waals surface area contributed by atoms with Crippen molar-refractivity contribution in [1.29, 1.82) is 0 Å². The van der Waals surface area contributed by atoms with Crippen LogP contribution in [0.1, 0.15) is 11.3 Å². The van der Waals surface area contributed by atoms with Crippen LogP contribution < -0.4 is 11.1 Å². The molecule has 0 spiro atoms. The number of carbonyl (C=O) groups is 1. The third-order valence-electron chi connectivity index (χ3n) is 3.48. The fourth-order valence-electron chi connectivity index (χ4n) is 2.45. The van der Waals surface area contributed by atoms with E-state index in [0.29, 0.717) is 11.3 Å². The fourth-order valence-corrected chi connectivity index (χ4v) is 2.45. The maximum absolute atomic E-state index is 11.6. The second-order valence-corrected chi connectivity index (χ2v) is 5.30. The van der Waals surface area contributed by atoms with E-state index in [0.717, 1.165) is 6.07 Å². The van der Waals surface area contributed by atoms with Crippen molar-refractivity contribution in [2.24, 2.45) is 0 Å². The minimum absolute atomic E-state index is 0.0901. The number of hydrogen-bond donors (Lipinski definition) is 3. The highest BCUT2D eigenvalue weighted by atomic mass is 16.6. The molecule has 1 aromatic carbocycles. The number of rotatable bonds is 5. The number of H-pyrrole nitrogens is 2. The average molecular weight is 345 g/mol. The van der Waals surface area contributed by atoms with Gasteiger partial charge in [0.1, 0.15) is 0 Å². The van der Waals surface area contributed by atoms with Crippen molar-refractivity contribution >= 4 is 22.7 Å². The Kier molecular flexibility index (Phi) is 3.89. The molecule has 0 amide bonds. The molecule has 3 N–H and O–H groups in total. The topological polar surface area (TPSA) is 164 Å². The zero-order chi connectivity index (χ0) is 18.1. The van der Waals surface area contributed by atoms with E-state index < -0.39 is 22.0 Å². The lowest BCUT2D eigenvalue weighted by Crippen LogP contribution is -2.29. The van der Waals surface area contributed by atoms with Crippen LogP contribution in [0.3, 0.4) is 0 Å². The normalized spacial score (nSPS) is 10.9. The molecule has 0 aliphatic rings. The molecule has 11 heteroatoms. The molecule has 0 aliphatic heterocycles. The Morgan fingerprint density at radius 2 is 2.00 bits per heavy atom. The van der Waals surface area contributed by atoms with Gasteiger partial charge in [0.25, 0.3) is 5.69 Å². The summed E-state index contributed by atoms with van der Waals surface area (Å²) >= 11 is 0. The molecule has 0 radical (unpaired) electrons. The van der Waals surface area contributed by atoms with Crippen LogP contribution in [-0.2, 0) is 17.8 Å². The van der Waals surface area contributed by atoms with Gasteiger partial charge in [0.05, 0.1) is 40.9 Å². The minimum Gasteiger partial charge on any atom is -0.481 e. The standard InChI is InChI=1S/C14H11N5O6/c20-11(21)2-8-5-18(6-15-8)4-7-1-9(19(24)25)3-10-12(7)17-14(23)13(22)16-10/h1,3,5-6H,2,4H2,(H,16,22)(H,17,23)(H,20,21). The van der Waals surface area contributed by atoms with E-state index in [2.05, 4.69) is 15.0 Å². The van der Waals surface area contributed by atoms with Gasteiger partial charge in [-0.05, 0) is 0 Å². The maximum atomic E-state index is 11.6. The van der Waals surface area contributed by atoms with E-state index in [-0.39, 0.29) is 29.7 Å². The smallest absolute Gasteiger partial charge is 0.314 e. The van der Waals surface area contributed by atoms with Crippen LogP contribution in [0.2, 0.25) is 0 Å². The predicted octanol–water partition coefficient (Wildman–Crippen LogP) is -0.00350. The summed E-state index contributed by atoms with van der Waals surface area (Å²) < 4.78 is 1.53.